The molecular formula is C13H19FN2. The molecule has 88 valence electrons. The largest absolute Gasteiger partial charge is 0.367 e. The standard InChI is InChI=1S/C13H19FN2/c1-12(2)10(13(12,3)4)8-16-11-9(14)6-5-7-15-11/h5-7,10H,8H2,1-4H3,(H,15,16). The Hall–Kier alpha value is -1.12. The summed E-state index contributed by atoms with van der Waals surface area (Å²) in [5.74, 6) is 0.654. The van der Waals surface area contributed by atoms with Gasteiger partial charge in [0.05, 0.1) is 0 Å². The summed E-state index contributed by atoms with van der Waals surface area (Å²) in [6.45, 7) is 9.82. The highest BCUT2D eigenvalue weighted by Crippen LogP contribution is 2.68. The molecule has 0 unspecified atom stereocenters. The second kappa shape index (κ2) is 3.44. The minimum atomic E-state index is -0.279. The van der Waals surface area contributed by atoms with E-state index in [4.69, 9.17) is 0 Å². The van der Waals surface area contributed by atoms with E-state index in [0.717, 1.165) is 6.54 Å². The van der Waals surface area contributed by atoms with Gasteiger partial charge in [0.1, 0.15) is 0 Å². The van der Waals surface area contributed by atoms with Gasteiger partial charge in [-0.1, -0.05) is 27.7 Å². The van der Waals surface area contributed by atoms with Gasteiger partial charge in [-0.25, -0.2) is 9.37 Å². The first-order chi connectivity index (χ1) is 7.37. The molecule has 1 saturated carbocycles. The maximum absolute atomic E-state index is 13.3. The van der Waals surface area contributed by atoms with Crippen LogP contribution in [0.25, 0.3) is 0 Å². The van der Waals surface area contributed by atoms with Crippen molar-refractivity contribution in [2.45, 2.75) is 27.7 Å². The topological polar surface area (TPSA) is 24.9 Å². The maximum Gasteiger partial charge on any atom is 0.165 e. The van der Waals surface area contributed by atoms with Gasteiger partial charge in [0.25, 0.3) is 0 Å². The van der Waals surface area contributed by atoms with Crippen molar-refractivity contribution < 1.29 is 4.39 Å². The van der Waals surface area contributed by atoms with Crippen LogP contribution in [-0.2, 0) is 0 Å². The van der Waals surface area contributed by atoms with Gasteiger partial charge < -0.3 is 5.32 Å². The Labute approximate surface area is 96.3 Å². The normalized spacial score (nSPS) is 21.8. The molecule has 2 nitrogen and oxygen atoms in total. The minimum Gasteiger partial charge on any atom is -0.367 e. The minimum absolute atomic E-state index is 0.279. The maximum atomic E-state index is 13.3. The monoisotopic (exact) mass is 222 g/mol. The molecule has 1 aromatic rings. The predicted octanol–water partition coefficient (Wildman–Crippen LogP) is 3.31. The molecule has 1 aliphatic rings. The van der Waals surface area contributed by atoms with E-state index in [1.165, 1.54) is 6.07 Å². The summed E-state index contributed by atoms with van der Waals surface area (Å²) in [5.41, 5.74) is 0.649. The highest BCUT2D eigenvalue weighted by molar-refractivity contribution is 5.36. The van der Waals surface area contributed by atoms with Gasteiger partial charge in [-0.3, -0.25) is 0 Å². The molecule has 0 radical (unpaired) electrons. The summed E-state index contributed by atoms with van der Waals surface area (Å²) in [4.78, 5) is 3.99. The van der Waals surface area contributed by atoms with E-state index in [0.29, 0.717) is 22.6 Å². The third-order valence-corrected chi connectivity index (χ3v) is 4.55. The average Bonchev–Trinajstić information content (AvgIpc) is 2.58. The molecule has 1 N–H and O–H groups in total. The SMILES string of the molecule is CC1(C)C(CNc2ncccc2F)C1(C)C. The van der Waals surface area contributed by atoms with E-state index in [-0.39, 0.29) is 5.82 Å². The van der Waals surface area contributed by atoms with Gasteiger partial charge in [-0.15, -0.1) is 0 Å². The highest BCUT2D eigenvalue weighted by atomic mass is 19.1. The molecule has 1 aliphatic carbocycles. The van der Waals surface area contributed by atoms with Crippen molar-refractivity contribution >= 4 is 5.82 Å². The van der Waals surface area contributed by atoms with Crippen LogP contribution in [0.4, 0.5) is 10.2 Å². The summed E-state index contributed by atoms with van der Waals surface area (Å²) in [7, 11) is 0. The van der Waals surface area contributed by atoms with Gasteiger partial charge in [-0.05, 0) is 28.9 Å². The molecule has 0 aliphatic heterocycles. The third kappa shape index (κ3) is 1.58. The van der Waals surface area contributed by atoms with Crippen LogP contribution in [0.5, 0.6) is 0 Å². The van der Waals surface area contributed by atoms with Crippen molar-refractivity contribution in [3.8, 4) is 0 Å². The third-order valence-electron chi connectivity index (χ3n) is 4.55. The van der Waals surface area contributed by atoms with E-state index in [9.17, 15) is 4.39 Å². The average molecular weight is 222 g/mol. The van der Waals surface area contributed by atoms with Crippen LogP contribution in [0.1, 0.15) is 27.7 Å². The molecule has 0 atom stereocenters. The van der Waals surface area contributed by atoms with Crippen LogP contribution >= 0.6 is 0 Å². The first kappa shape index (κ1) is 11.4. The number of aromatic nitrogens is 1. The molecule has 1 heterocycles. The Balaban J connectivity index is 1.98. The molecule has 0 spiro atoms. The van der Waals surface area contributed by atoms with Crippen LogP contribution in [0, 0.1) is 22.6 Å². The Morgan fingerprint density at radius 2 is 1.94 bits per heavy atom. The molecule has 0 aromatic carbocycles. The second-order valence-corrected chi connectivity index (χ2v) is 5.71. The lowest BCUT2D eigenvalue weighted by atomic mass is 10.0. The number of pyridine rings is 1. The van der Waals surface area contributed by atoms with E-state index < -0.39 is 0 Å². The Bertz CT molecular complexity index is 385. The first-order valence-electron chi connectivity index (χ1n) is 5.72. The molecule has 0 bridgehead atoms. The zero-order valence-electron chi connectivity index (χ0n) is 10.3. The van der Waals surface area contributed by atoms with Gasteiger partial charge in [-0.2, -0.15) is 0 Å². The van der Waals surface area contributed by atoms with Crippen molar-refractivity contribution in [1.82, 2.24) is 4.98 Å². The Morgan fingerprint density at radius 1 is 1.31 bits per heavy atom. The van der Waals surface area contributed by atoms with E-state index in [1.807, 2.05) is 0 Å². The lowest BCUT2D eigenvalue weighted by Crippen LogP contribution is -2.10. The van der Waals surface area contributed by atoms with Crippen molar-refractivity contribution in [3.05, 3.63) is 24.1 Å². The molecule has 2 rings (SSSR count). The number of rotatable bonds is 3. The fraction of sp³-hybridized carbons (Fsp3) is 0.615. The van der Waals surface area contributed by atoms with E-state index >= 15 is 0 Å². The van der Waals surface area contributed by atoms with Crippen molar-refractivity contribution in [3.63, 3.8) is 0 Å². The smallest absolute Gasteiger partial charge is 0.165 e. The van der Waals surface area contributed by atoms with Crippen molar-refractivity contribution in [2.24, 2.45) is 16.7 Å². The Morgan fingerprint density at radius 3 is 2.44 bits per heavy atom. The summed E-state index contributed by atoms with van der Waals surface area (Å²) >= 11 is 0. The number of halogens is 1. The molecule has 3 heteroatoms. The fourth-order valence-corrected chi connectivity index (χ4v) is 2.56. The van der Waals surface area contributed by atoms with Crippen LogP contribution in [0.2, 0.25) is 0 Å². The van der Waals surface area contributed by atoms with Crippen LogP contribution < -0.4 is 5.32 Å². The highest BCUT2D eigenvalue weighted by Gasteiger charge is 2.64. The zero-order chi connectivity index (χ0) is 12.0. The number of hydrogen-bond acceptors (Lipinski definition) is 2. The predicted molar refractivity (Wildman–Crippen MR) is 63.7 cm³/mol. The molecule has 16 heavy (non-hydrogen) atoms. The van der Waals surface area contributed by atoms with Crippen LogP contribution in [0.15, 0.2) is 18.3 Å². The van der Waals surface area contributed by atoms with Crippen LogP contribution in [-0.4, -0.2) is 11.5 Å². The lowest BCUT2D eigenvalue weighted by Gasteiger charge is -2.07. The molecule has 1 aromatic heterocycles. The molecule has 1 fully saturated rings. The van der Waals surface area contributed by atoms with Gasteiger partial charge in [0.2, 0.25) is 0 Å². The second-order valence-electron chi connectivity index (χ2n) is 5.71. The summed E-state index contributed by atoms with van der Waals surface area (Å²) in [6, 6.07) is 3.03. The zero-order valence-corrected chi connectivity index (χ0v) is 10.3. The van der Waals surface area contributed by atoms with Crippen molar-refractivity contribution in [1.29, 1.82) is 0 Å². The van der Waals surface area contributed by atoms with Crippen LogP contribution in [0.3, 0.4) is 0 Å². The Kier molecular flexibility index (Phi) is 2.44. The first-order valence-corrected chi connectivity index (χ1v) is 5.72. The molecular weight excluding hydrogens is 203 g/mol. The van der Waals surface area contributed by atoms with Crippen molar-refractivity contribution in [2.75, 3.05) is 11.9 Å². The molecule has 0 saturated heterocycles. The van der Waals surface area contributed by atoms with Gasteiger partial charge >= 0.3 is 0 Å². The van der Waals surface area contributed by atoms with Gasteiger partial charge in [0.15, 0.2) is 11.6 Å². The fourth-order valence-electron chi connectivity index (χ4n) is 2.56. The lowest BCUT2D eigenvalue weighted by molar-refractivity contribution is 0.457. The number of nitrogens with zero attached hydrogens (tertiary/aromatic N) is 1. The summed E-state index contributed by atoms with van der Waals surface area (Å²) < 4.78 is 13.3. The summed E-state index contributed by atoms with van der Waals surface area (Å²) in [6.07, 6.45) is 1.61. The van der Waals surface area contributed by atoms with E-state index in [1.54, 1.807) is 12.3 Å². The number of anilines is 1. The van der Waals surface area contributed by atoms with E-state index in [2.05, 4.69) is 38.0 Å². The molecule has 0 amide bonds. The summed E-state index contributed by atoms with van der Waals surface area (Å²) in [5, 5.41) is 3.10. The number of hydrogen-bond donors (Lipinski definition) is 1. The number of nitrogens with one attached hydrogen (secondary N) is 1. The van der Waals surface area contributed by atoms with Gasteiger partial charge in [0, 0.05) is 12.7 Å². The quantitative estimate of drug-likeness (QED) is 0.848.